The first-order chi connectivity index (χ1) is 8.85. The monoisotopic (exact) mass is 304 g/mol. The van der Waals surface area contributed by atoms with Crippen molar-refractivity contribution in [3.05, 3.63) is 34.4 Å². The number of aryl methyl sites for hydroxylation is 3. The first kappa shape index (κ1) is 16.7. The Balaban J connectivity index is 3.20. The largest absolute Gasteiger partial charge is 0.352 e. The fraction of sp³-hybridized carbons (Fsp3) is 0.571. The van der Waals surface area contributed by atoms with Crippen molar-refractivity contribution in [2.24, 2.45) is 0 Å². The van der Waals surface area contributed by atoms with Crippen LogP contribution in [0.5, 0.6) is 0 Å². The van der Waals surface area contributed by atoms with Crippen LogP contribution < -0.4 is 0 Å². The zero-order chi connectivity index (χ0) is 14.6. The zero-order valence-corrected chi connectivity index (χ0v) is 13.8. The lowest BCUT2D eigenvalue weighted by molar-refractivity contribution is 0.218. The van der Waals surface area contributed by atoms with Crippen LogP contribution in [-0.4, -0.2) is 13.2 Å². The summed E-state index contributed by atoms with van der Waals surface area (Å²) >= 11 is 6.39. The number of rotatable bonds is 6. The molecule has 0 radical (unpaired) electrons. The van der Waals surface area contributed by atoms with E-state index in [1.807, 2.05) is 32.9 Å². The van der Waals surface area contributed by atoms with Crippen LogP contribution in [0.3, 0.4) is 0 Å². The Labute approximate surface area is 120 Å². The summed E-state index contributed by atoms with van der Waals surface area (Å²) in [6, 6.07) is 4.01. The minimum atomic E-state index is -3.33. The third-order valence-corrected chi connectivity index (χ3v) is 6.06. The summed E-state index contributed by atoms with van der Waals surface area (Å²) in [7, 11) is -3.33. The number of alkyl halides is 1. The highest BCUT2D eigenvalue weighted by Gasteiger charge is 2.36. The molecule has 3 nitrogen and oxygen atoms in total. The second-order valence-corrected chi connectivity index (χ2v) is 7.36. The molecule has 1 aromatic rings. The summed E-state index contributed by atoms with van der Waals surface area (Å²) in [5.74, 6) is 0. The van der Waals surface area contributed by atoms with Crippen molar-refractivity contribution in [1.29, 1.82) is 0 Å². The van der Waals surface area contributed by atoms with Gasteiger partial charge in [-0.3, -0.25) is 4.57 Å². The zero-order valence-electron chi connectivity index (χ0n) is 12.2. The van der Waals surface area contributed by atoms with Gasteiger partial charge in [0, 0.05) is 0 Å². The van der Waals surface area contributed by atoms with Crippen LogP contribution in [0.1, 0.15) is 41.2 Å². The third-order valence-electron chi connectivity index (χ3n) is 3.03. The van der Waals surface area contributed by atoms with Crippen LogP contribution >= 0.6 is 19.2 Å². The lowest BCUT2D eigenvalue weighted by Crippen LogP contribution is -2.04. The molecule has 0 spiro atoms. The first-order valence-electron chi connectivity index (χ1n) is 6.46. The maximum atomic E-state index is 12.7. The Hall–Kier alpha value is -0.340. The van der Waals surface area contributed by atoms with Gasteiger partial charge in [-0.2, -0.15) is 0 Å². The fourth-order valence-electron chi connectivity index (χ4n) is 1.94. The van der Waals surface area contributed by atoms with E-state index in [1.54, 1.807) is 13.8 Å². The molecule has 0 fully saturated rings. The van der Waals surface area contributed by atoms with Gasteiger partial charge in [-0.05, 0) is 56.9 Å². The molecule has 0 aliphatic carbocycles. The maximum Gasteiger partial charge on any atom is 0.352 e. The summed E-state index contributed by atoms with van der Waals surface area (Å²) in [4.78, 5) is 0. The minimum absolute atomic E-state index is 0.310. The predicted molar refractivity (Wildman–Crippen MR) is 80.1 cm³/mol. The van der Waals surface area contributed by atoms with Crippen molar-refractivity contribution in [1.82, 2.24) is 0 Å². The van der Waals surface area contributed by atoms with Gasteiger partial charge in [0.1, 0.15) is 0 Å². The van der Waals surface area contributed by atoms with Crippen molar-refractivity contribution in [2.75, 3.05) is 13.2 Å². The molecule has 1 atom stereocenters. The average Bonchev–Trinajstić information content (AvgIpc) is 2.33. The van der Waals surface area contributed by atoms with Gasteiger partial charge in [0.2, 0.25) is 0 Å². The first-order valence-corrected chi connectivity index (χ1v) is 8.51. The van der Waals surface area contributed by atoms with Crippen LogP contribution in [0.15, 0.2) is 12.1 Å². The van der Waals surface area contributed by atoms with E-state index < -0.39 is 12.7 Å². The molecule has 108 valence electrons. The Kier molecular flexibility index (Phi) is 6.07. The molecule has 0 bridgehead atoms. The molecule has 0 aliphatic heterocycles. The molecule has 0 amide bonds. The van der Waals surface area contributed by atoms with E-state index in [2.05, 4.69) is 0 Å². The number of benzene rings is 1. The third kappa shape index (κ3) is 3.82. The van der Waals surface area contributed by atoms with Crippen LogP contribution in [0.25, 0.3) is 0 Å². The highest BCUT2D eigenvalue weighted by Crippen LogP contribution is 2.63. The van der Waals surface area contributed by atoms with E-state index in [0.29, 0.717) is 13.2 Å². The van der Waals surface area contributed by atoms with E-state index in [1.165, 1.54) is 5.56 Å². The molecule has 19 heavy (non-hydrogen) atoms. The molecular weight excluding hydrogens is 283 g/mol. The van der Waals surface area contributed by atoms with Gasteiger partial charge in [-0.15, -0.1) is 11.6 Å². The summed E-state index contributed by atoms with van der Waals surface area (Å²) in [6.45, 7) is 10.2. The van der Waals surface area contributed by atoms with Crippen LogP contribution in [0.2, 0.25) is 0 Å². The molecule has 0 saturated carbocycles. The minimum Gasteiger partial charge on any atom is -0.308 e. The lowest BCUT2D eigenvalue weighted by Gasteiger charge is -2.23. The molecule has 1 unspecified atom stereocenters. The Bertz CT molecular complexity index is 478. The topological polar surface area (TPSA) is 35.5 Å². The van der Waals surface area contributed by atoms with E-state index in [4.69, 9.17) is 20.6 Å². The molecule has 0 aliphatic rings. The SMILES string of the molecule is CCOP(=O)(OCC)C(Cl)c1cc(C)c(C)cc1C. The highest BCUT2D eigenvalue weighted by atomic mass is 35.5. The standard InChI is InChI=1S/C14H22ClO3P/c1-6-17-19(16,18-7-2)14(15)13-9-11(4)10(3)8-12(13)5/h8-9,14H,6-7H2,1-5H3. The van der Waals surface area contributed by atoms with Gasteiger partial charge in [-0.1, -0.05) is 12.1 Å². The Morgan fingerprint density at radius 1 is 1.05 bits per heavy atom. The summed E-state index contributed by atoms with van der Waals surface area (Å²) in [6.07, 6.45) is 0. The van der Waals surface area contributed by atoms with E-state index in [-0.39, 0.29) is 0 Å². The van der Waals surface area contributed by atoms with Gasteiger partial charge in [0.05, 0.1) is 13.2 Å². The van der Waals surface area contributed by atoms with Gasteiger partial charge in [-0.25, -0.2) is 0 Å². The predicted octanol–water partition coefficient (Wildman–Crippen LogP) is 5.12. The van der Waals surface area contributed by atoms with Crippen molar-refractivity contribution >= 4 is 19.2 Å². The molecule has 1 rings (SSSR count). The van der Waals surface area contributed by atoms with Gasteiger partial charge in [0.25, 0.3) is 0 Å². The highest BCUT2D eigenvalue weighted by molar-refractivity contribution is 7.56. The van der Waals surface area contributed by atoms with Crippen molar-refractivity contribution in [3.8, 4) is 0 Å². The molecule has 0 N–H and O–H groups in total. The number of hydrogen-bond acceptors (Lipinski definition) is 3. The molecular formula is C14H22ClO3P. The smallest absolute Gasteiger partial charge is 0.308 e. The molecule has 1 aromatic carbocycles. The molecule has 0 aromatic heterocycles. The van der Waals surface area contributed by atoms with Gasteiger partial charge >= 0.3 is 7.60 Å². The van der Waals surface area contributed by atoms with E-state index in [9.17, 15) is 4.57 Å². The maximum absolute atomic E-state index is 12.7. The Morgan fingerprint density at radius 2 is 1.53 bits per heavy atom. The van der Waals surface area contributed by atoms with Crippen molar-refractivity contribution < 1.29 is 13.6 Å². The van der Waals surface area contributed by atoms with Crippen molar-refractivity contribution in [3.63, 3.8) is 0 Å². The molecule has 0 heterocycles. The van der Waals surface area contributed by atoms with Crippen LogP contribution in [-0.2, 0) is 13.6 Å². The quantitative estimate of drug-likeness (QED) is 0.541. The normalized spacial score (nSPS) is 13.6. The second-order valence-electron chi connectivity index (χ2n) is 4.50. The summed E-state index contributed by atoms with van der Waals surface area (Å²) < 4.78 is 23.3. The number of halogens is 1. The Morgan fingerprint density at radius 3 is 2.00 bits per heavy atom. The van der Waals surface area contributed by atoms with E-state index >= 15 is 0 Å². The second kappa shape index (κ2) is 6.90. The molecule has 0 saturated heterocycles. The van der Waals surface area contributed by atoms with Gasteiger partial charge < -0.3 is 9.05 Å². The number of hydrogen-bond donors (Lipinski definition) is 0. The molecule has 5 heteroatoms. The average molecular weight is 305 g/mol. The lowest BCUT2D eigenvalue weighted by atomic mass is 10.0. The van der Waals surface area contributed by atoms with E-state index in [0.717, 1.165) is 16.7 Å². The van der Waals surface area contributed by atoms with Crippen LogP contribution in [0.4, 0.5) is 0 Å². The van der Waals surface area contributed by atoms with Gasteiger partial charge in [0.15, 0.2) is 5.12 Å². The van der Waals surface area contributed by atoms with Crippen LogP contribution in [0, 0.1) is 20.8 Å². The van der Waals surface area contributed by atoms with Crippen molar-refractivity contribution in [2.45, 2.75) is 39.7 Å². The summed E-state index contributed by atoms with van der Waals surface area (Å²) in [5.41, 5.74) is 4.12. The summed E-state index contributed by atoms with van der Waals surface area (Å²) in [5, 5.41) is -0.772. The fourth-order valence-corrected chi connectivity index (χ4v) is 4.19.